The van der Waals surface area contributed by atoms with Gasteiger partial charge in [0, 0.05) is 17.3 Å². The van der Waals surface area contributed by atoms with Gasteiger partial charge < -0.3 is 4.57 Å². The van der Waals surface area contributed by atoms with Crippen LogP contribution in [-0.2, 0) is 6.54 Å². The van der Waals surface area contributed by atoms with Crippen LogP contribution in [0.1, 0.15) is 21.5 Å². The summed E-state index contributed by atoms with van der Waals surface area (Å²) in [6, 6.07) is 16.1. The topological polar surface area (TPSA) is 64.0 Å². The van der Waals surface area contributed by atoms with Gasteiger partial charge in [0.15, 0.2) is 5.13 Å². The van der Waals surface area contributed by atoms with Gasteiger partial charge in [-0.1, -0.05) is 41.1 Å². The van der Waals surface area contributed by atoms with Crippen LogP contribution in [-0.4, -0.2) is 15.5 Å². The maximum Gasteiger partial charge on any atom is 0.258 e. The first kappa shape index (κ1) is 18.4. The fraction of sp³-hybridized carbons (Fsp3) is 0.0952. The minimum Gasteiger partial charge on any atom is -0.310 e. The second kappa shape index (κ2) is 7.58. The second-order valence-electron chi connectivity index (χ2n) is 6.46. The number of carbonyl (C=O) groups excluding carboxylic acids is 1. The third kappa shape index (κ3) is 3.98. The van der Waals surface area contributed by atoms with E-state index in [4.69, 9.17) is 11.6 Å². The number of aryl methyl sites for hydroxylation is 1. The number of nitrogens with one attached hydrogen (secondary N) is 1. The summed E-state index contributed by atoms with van der Waals surface area (Å²) in [4.78, 5) is 29.3. The molecular weight excluding hydrogens is 394 g/mol. The molecule has 0 spiro atoms. The van der Waals surface area contributed by atoms with Crippen LogP contribution in [0, 0.1) is 6.92 Å². The van der Waals surface area contributed by atoms with Crippen molar-refractivity contribution < 1.29 is 4.79 Å². The molecule has 0 aliphatic rings. The van der Waals surface area contributed by atoms with Gasteiger partial charge in [0.1, 0.15) is 0 Å². The zero-order chi connectivity index (χ0) is 19.7. The Morgan fingerprint density at radius 2 is 2.04 bits per heavy atom. The first-order valence-corrected chi connectivity index (χ1v) is 9.81. The fourth-order valence-electron chi connectivity index (χ4n) is 2.88. The third-order valence-electron chi connectivity index (χ3n) is 4.25. The number of benzene rings is 2. The summed E-state index contributed by atoms with van der Waals surface area (Å²) in [6.07, 6.45) is 1.55. The van der Waals surface area contributed by atoms with Crippen molar-refractivity contribution in [2.45, 2.75) is 13.5 Å². The smallest absolute Gasteiger partial charge is 0.258 e. The molecule has 1 N–H and O–H groups in total. The Morgan fingerprint density at radius 1 is 1.18 bits per heavy atom. The summed E-state index contributed by atoms with van der Waals surface area (Å²) in [5.74, 6) is -0.310. The molecular formula is C21H16ClN3O2S. The maximum absolute atomic E-state index is 12.6. The minimum atomic E-state index is -0.310. The average Bonchev–Trinajstić information content (AvgIpc) is 3.04. The number of carbonyl (C=O) groups is 1. The quantitative estimate of drug-likeness (QED) is 0.530. The Kier molecular flexibility index (Phi) is 4.98. The van der Waals surface area contributed by atoms with Gasteiger partial charge in [0.2, 0.25) is 0 Å². The van der Waals surface area contributed by atoms with Crippen LogP contribution in [0.3, 0.4) is 0 Å². The normalized spacial score (nSPS) is 10.9. The van der Waals surface area contributed by atoms with Gasteiger partial charge in [-0.2, -0.15) is 0 Å². The van der Waals surface area contributed by atoms with Gasteiger partial charge in [0.25, 0.3) is 11.5 Å². The Hall–Kier alpha value is -2.96. The van der Waals surface area contributed by atoms with Crippen molar-refractivity contribution in [3.05, 3.63) is 92.9 Å². The van der Waals surface area contributed by atoms with Crippen molar-refractivity contribution in [2.75, 3.05) is 5.32 Å². The van der Waals surface area contributed by atoms with Gasteiger partial charge in [-0.05, 0) is 48.4 Å². The average molecular weight is 410 g/mol. The zero-order valence-corrected chi connectivity index (χ0v) is 16.6. The SMILES string of the molecule is Cc1ccc2nc(NC(=O)c3ccc(=O)n(Cc4cccc(Cl)c4)c3)sc2c1. The number of rotatable bonds is 4. The Bertz CT molecular complexity index is 1250. The molecule has 0 unspecified atom stereocenters. The maximum atomic E-state index is 12.6. The molecule has 28 heavy (non-hydrogen) atoms. The van der Waals surface area contributed by atoms with E-state index >= 15 is 0 Å². The standard InChI is InChI=1S/C21H16ClN3O2S/c1-13-5-7-17-18(9-13)28-21(23-17)24-20(27)15-6-8-19(26)25(12-15)11-14-3-2-4-16(22)10-14/h2-10,12H,11H2,1H3,(H,23,24,27). The zero-order valence-electron chi connectivity index (χ0n) is 15.0. The summed E-state index contributed by atoms with van der Waals surface area (Å²) in [7, 11) is 0. The Balaban J connectivity index is 1.57. The largest absolute Gasteiger partial charge is 0.310 e. The van der Waals surface area contributed by atoms with Crippen LogP contribution < -0.4 is 10.9 Å². The molecule has 0 fully saturated rings. The molecule has 0 saturated carbocycles. The summed E-state index contributed by atoms with van der Waals surface area (Å²) >= 11 is 7.43. The number of nitrogens with zero attached hydrogens (tertiary/aromatic N) is 2. The van der Waals surface area contributed by atoms with Crippen LogP contribution >= 0.6 is 22.9 Å². The van der Waals surface area contributed by atoms with E-state index in [1.54, 1.807) is 18.3 Å². The number of hydrogen-bond donors (Lipinski definition) is 1. The molecule has 0 aliphatic carbocycles. The summed E-state index contributed by atoms with van der Waals surface area (Å²) in [6.45, 7) is 2.35. The van der Waals surface area contributed by atoms with Crippen molar-refractivity contribution in [1.29, 1.82) is 0 Å². The summed E-state index contributed by atoms with van der Waals surface area (Å²) in [5.41, 5.74) is 3.07. The first-order chi connectivity index (χ1) is 13.5. The molecule has 4 rings (SSSR count). The number of pyridine rings is 1. The van der Waals surface area contributed by atoms with Crippen LogP contribution in [0.5, 0.6) is 0 Å². The molecule has 0 bridgehead atoms. The highest BCUT2D eigenvalue weighted by molar-refractivity contribution is 7.22. The lowest BCUT2D eigenvalue weighted by Crippen LogP contribution is -2.22. The molecule has 140 valence electrons. The monoisotopic (exact) mass is 409 g/mol. The van der Waals surface area contributed by atoms with Gasteiger partial charge in [-0.3, -0.25) is 14.9 Å². The van der Waals surface area contributed by atoms with E-state index in [1.165, 1.54) is 28.0 Å². The number of amides is 1. The molecule has 1 amide bonds. The molecule has 7 heteroatoms. The van der Waals surface area contributed by atoms with Crippen molar-refractivity contribution in [3.8, 4) is 0 Å². The first-order valence-electron chi connectivity index (χ1n) is 8.61. The third-order valence-corrected chi connectivity index (χ3v) is 5.42. The van der Waals surface area contributed by atoms with E-state index in [9.17, 15) is 9.59 Å². The molecule has 0 saturated heterocycles. The molecule has 5 nitrogen and oxygen atoms in total. The fourth-order valence-corrected chi connectivity index (χ4v) is 4.05. The number of hydrogen-bond acceptors (Lipinski definition) is 4. The van der Waals surface area contributed by atoms with Gasteiger partial charge >= 0.3 is 0 Å². The van der Waals surface area contributed by atoms with Crippen molar-refractivity contribution >= 4 is 44.2 Å². The molecule has 2 heterocycles. The van der Waals surface area contributed by atoms with Crippen molar-refractivity contribution in [3.63, 3.8) is 0 Å². The van der Waals surface area contributed by atoms with Gasteiger partial charge in [-0.15, -0.1) is 0 Å². The molecule has 0 radical (unpaired) electrons. The number of fused-ring (bicyclic) bond motifs is 1. The highest BCUT2D eigenvalue weighted by Gasteiger charge is 2.12. The summed E-state index contributed by atoms with van der Waals surface area (Å²) in [5, 5.41) is 3.95. The van der Waals surface area contributed by atoms with Crippen LogP contribution in [0.15, 0.2) is 65.6 Å². The molecule has 4 aromatic rings. The molecule has 2 aromatic carbocycles. The van der Waals surface area contributed by atoms with E-state index in [2.05, 4.69) is 10.3 Å². The highest BCUT2D eigenvalue weighted by Crippen LogP contribution is 2.27. The van der Waals surface area contributed by atoms with Gasteiger partial charge in [-0.25, -0.2) is 4.98 Å². The minimum absolute atomic E-state index is 0.188. The van der Waals surface area contributed by atoms with E-state index in [-0.39, 0.29) is 11.5 Å². The Morgan fingerprint density at radius 3 is 2.86 bits per heavy atom. The van der Waals surface area contributed by atoms with Crippen LogP contribution in [0.4, 0.5) is 5.13 Å². The van der Waals surface area contributed by atoms with Gasteiger partial charge in [0.05, 0.1) is 22.3 Å². The lowest BCUT2D eigenvalue weighted by Gasteiger charge is -2.08. The van der Waals surface area contributed by atoms with Crippen LogP contribution in [0.25, 0.3) is 10.2 Å². The second-order valence-corrected chi connectivity index (χ2v) is 7.93. The van der Waals surface area contributed by atoms with Crippen LogP contribution in [0.2, 0.25) is 5.02 Å². The van der Waals surface area contributed by atoms with E-state index in [0.29, 0.717) is 22.3 Å². The molecule has 2 aromatic heterocycles. The number of halogens is 1. The van der Waals surface area contributed by atoms with E-state index in [0.717, 1.165) is 21.3 Å². The lowest BCUT2D eigenvalue weighted by atomic mass is 10.2. The molecule has 0 aliphatic heterocycles. The number of aromatic nitrogens is 2. The van der Waals surface area contributed by atoms with E-state index < -0.39 is 0 Å². The van der Waals surface area contributed by atoms with Crippen molar-refractivity contribution in [2.24, 2.45) is 0 Å². The predicted molar refractivity (Wildman–Crippen MR) is 114 cm³/mol. The predicted octanol–water partition coefficient (Wildman–Crippen LogP) is 4.72. The van der Waals surface area contributed by atoms with Crippen molar-refractivity contribution in [1.82, 2.24) is 9.55 Å². The molecule has 0 atom stereocenters. The van der Waals surface area contributed by atoms with E-state index in [1.807, 2.05) is 37.3 Å². The lowest BCUT2D eigenvalue weighted by molar-refractivity contribution is 0.102. The highest BCUT2D eigenvalue weighted by atomic mass is 35.5. The Labute approximate surface area is 170 Å². The number of anilines is 1. The summed E-state index contributed by atoms with van der Waals surface area (Å²) < 4.78 is 2.50. The number of thiazole rings is 1.